The summed E-state index contributed by atoms with van der Waals surface area (Å²) in [5, 5.41) is 1.81. The fourth-order valence-corrected chi connectivity index (χ4v) is 2.51. The van der Waals surface area contributed by atoms with Crippen molar-refractivity contribution < 1.29 is 12.6 Å². The molecule has 96 valence electrons. The molecular formula is C12H13NO3S2. The Bertz CT molecular complexity index is 630. The molecule has 2 aromatic rings. The van der Waals surface area contributed by atoms with Gasteiger partial charge in [-0.05, 0) is 18.5 Å². The minimum Gasteiger partial charge on any atom is -0.265 e. The molecule has 1 aromatic carbocycles. The zero-order chi connectivity index (χ0) is 13.2. The molecule has 0 saturated heterocycles. The van der Waals surface area contributed by atoms with Crippen molar-refractivity contribution in [3.8, 4) is 11.3 Å². The Hall–Kier alpha value is -1.24. The predicted molar refractivity (Wildman–Crippen MR) is 71.9 cm³/mol. The summed E-state index contributed by atoms with van der Waals surface area (Å²) in [4.78, 5) is 0. The van der Waals surface area contributed by atoms with Crippen molar-refractivity contribution in [2.45, 2.75) is 13.5 Å². The van der Waals surface area contributed by atoms with Gasteiger partial charge < -0.3 is 0 Å². The summed E-state index contributed by atoms with van der Waals surface area (Å²) in [5.41, 5.74) is 3.70. The zero-order valence-corrected chi connectivity index (χ0v) is 11.7. The van der Waals surface area contributed by atoms with Gasteiger partial charge in [0.25, 0.3) is 10.1 Å². The average molecular weight is 283 g/mol. The largest absolute Gasteiger partial charge is 0.265 e. The van der Waals surface area contributed by atoms with Gasteiger partial charge in [-0.15, -0.1) is 0 Å². The van der Waals surface area contributed by atoms with Gasteiger partial charge in [-0.2, -0.15) is 12.8 Å². The molecule has 0 N–H and O–H groups in total. The number of aromatic nitrogens is 1. The van der Waals surface area contributed by atoms with Gasteiger partial charge in [-0.1, -0.05) is 29.8 Å². The van der Waals surface area contributed by atoms with Crippen LogP contribution in [0.3, 0.4) is 0 Å². The Morgan fingerprint density at radius 2 is 1.94 bits per heavy atom. The van der Waals surface area contributed by atoms with Crippen molar-refractivity contribution in [1.82, 2.24) is 4.37 Å². The SMILES string of the molecule is Cc1ccc(-c2nscc2COS(C)(=O)=O)cc1. The third-order valence-electron chi connectivity index (χ3n) is 2.40. The normalized spacial score (nSPS) is 11.7. The van der Waals surface area contributed by atoms with Gasteiger partial charge in [-0.3, -0.25) is 4.18 Å². The van der Waals surface area contributed by atoms with Crippen LogP contribution in [-0.2, 0) is 20.9 Å². The Kier molecular flexibility index (Phi) is 3.79. The van der Waals surface area contributed by atoms with E-state index in [1.54, 1.807) is 5.38 Å². The van der Waals surface area contributed by atoms with Crippen LogP contribution in [0.5, 0.6) is 0 Å². The first-order valence-corrected chi connectivity index (χ1v) is 7.96. The number of benzene rings is 1. The maximum atomic E-state index is 11.0. The Morgan fingerprint density at radius 1 is 1.28 bits per heavy atom. The van der Waals surface area contributed by atoms with Crippen molar-refractivity contribution in [2.24, 2.45) is 0 Å². The van der Waals surface area contributed by atoms with Gasteiger partial charge in [0, 0.05) is 16.5 Å². The van der Waals surface area contributed by atoms with E-state index in [0.717, 1.165) is 23.1 Å². The molecule has 18 heavy (non-hydrogen) atoms. The van der Waals surface area contributed by atoms with Crippen molar-refractivity contribution in [2.75, 3.05) is 6.26 Å². The highest BCUT2D eigenvalue weighted by molar-refractivity contribution is 7.85. The second-order valence-electron chi connectivity index (χ2n) is 4.02. The number of nitrogens with zero attached hydrogens (tertiary/aromatic N) is 1. The van der Waals surface area contributed by atoms with Crippen LogP contribution in [0, 0.1) is 6.92 Å². The van der Waals surface area contributed by atoms with Gasteiger partial charge in [0.05, 0.1) is 18.6 Å². The standard InChI is InChI=1S/C12H13NO3S2/c1-9-3-5-10(6-4-9)12-11(8-17-13-12)7-16-18(2,14)15/h3-6,8H,7H2,1-2H3. The summed E-state index contributed by atoms with van der Waals surface area (Å²) < 4.78 is 31.0. The van der Waals surface area contributed by atoms with Crippen LogP contribution in [0.4, 0.5) is 0 Å². The second kappa shape index (κ2) is 5.17. The van der Waals surface area contributed by atoms with Crippen molar-refractivity contribution in [1.29, 1.82) is 0 Å². The van der Waals surface area contributed by atoms with Crippen molar-refractivity contribution in [3.05, 3.63) is 40.8 Å². The van der Waals surface area contributed by atoms with Crippen LogP contribution >= 0.6 is 11.5 Å². The van der Waals surface area contributed by atoms with Crippen LogP contribution in [0.1, 0.15) is 11.1 Å². The highest BCUT2D eigenvalue weighted by atomic mass is 32.2. The van der Waals surface area contributed by atoms with Crippen LogP contribution < -0.4 is 0 Å². The molecule has 0 fully saturated rings. The van der Waals surface area contributed by atoms with Crippen LogP contribution in [0.15, 0.2) is 29.6 Å². The van der Waals surface area contributed by atoms with E-state index in [2.05, 4.69) is 4.37 Å². The Labute approximate surface area is 111 Å². The monoisotopic (exact) mass is 283 g/mol. The summed E-state index contributed by atoms with van der Waals surface area (Å²) >= 11 is 1.29. The lowest BCUT2D eigenvalue weighted by Gasteiger charge is -2.03. The molecule has 0 radical (unpaired) electrons. The lowest BCUT2D eigenvalue weighted by atomic mass is 10.1. The van der Waals surface area contributed by atoms with Gasteiger partial charge in [0.15, 0.2) is 0 Å². The predicted octanol–water partition coefficient (Wildman–Crippen LogP) is 2.59. The molecule has 0 atom stereocenters. The molecule has 0 aliphatic carbocycles. The minimum absolute atomic E-state index is 0.0263. The molecule has 6 heteroatoms. The number of hydrogen-bond donors (Lipinski definition) is 0. The maximum absolute atomic E-state index is 11.0. The lowest BCUT2D eigenvalue weighted by molar-refractivity contribution is 0.312. The topological polar surface area (TPSA) is 56.3 Å². The Morgan fingerprint density at radius 3 is 2.56 bits per heavy atom. The first-order valence-electron chi connectivity index (χ1n) is 5.30. The quantitative estimate of drug-likeness (QED) is 0.809. The molecule has 1 aromatic heterocycles. The molecule has 0 unspecified atom stereocenters. The fourth-order valence-electron chi connectivity index (χ4n) is 1.48. The summed E-state index contributed by atoms with van der Waals surface area (Å²) in [6, 6.07) is 7.93. The fraction of sp³-hybridized carbons (Fsp3) is 0.250. The van der Waals surface area contributed by atoms with Gasteiger partial charge in [0.1, 0.15) is 0 Å². The van der Waals surface area contributed by atoms with E-state index < -0.39 is 10.1 Å². The third kappa shape index (κ3) is 3.38. The zero-order valence-electron chi connectivity index (χ0n) is 10.1. The minimum atomic E-state index is -3.43. The van der Waals surface area contributed by atoms with E-state index in [9.17, 15) is 8.42 Å². The molecule has 0 aliphatic rings. The molecule has 1 heterocycles. The van der Waals surface area contributed by atoms with Crippen LogP contribution in [-0.4, -0.2) is 19.0 Å². The molecule has 0 bridgehead atoms. The second-order valence-corrected chi connectivity index (χ2v) is 6.29. The average Bonchev–Trinajstić information content (AvgIpc) is 2.75. The highest BCUT2D eigenvalue weighted by Gasteiger charge is 2.11. The van der Waals surface area contributed by atoms with E-state index in [-0.39, 0.29) is 6.61 Å². The van der Waals surface area contributed by atoms with Gasteiger partial charge in [0.2, 0.25) is 0 Å². The molecule has 0 aliphatic heterocycles. The van der Waals surface area contributed by atoms with E-state index in [0.29, 0.717) is 0 Å². The Balaban J connectivity index is 2.25. The van der Waals surface area contributed by atoms with Crippen LogP contribution in [0.2, 0.25) is 0 Å². The molecule has 0 spiro atoms. The van der Waals surface area contributed by atoms with E-state index in [4.69, 9.17) is 4.18 Å². The lowest BCUT2D eigenvalue weighted by Crippen LogP contribution is -2.02. The molecule has 4 nitrogen and oxygen atoms in total. The number of hydrogen-bond acceptors (Lipinski definition) is 5. The highest BCUT2D eigenvalue weighted by Crippen LogP contribution is 2.25. The number of rotatable bonds is 4. The van der Waals surface area contributed by atoms with E-state index in [1.165, 1.54) is 17.1 Å². The number of aryl methyl sites for hydroxylation is 1. The maximum Gasteiger partial charge on any atom is 0.264 e. The summed E-state index contributed by atoms with van der Waals surface area (Å²) in [7, 11) is -3.43. The van der Waals surface area contributed by atoms with Crippen molar-refractivity contribution in [3.63, 3.8) is 0 Å². The molecule has 0 amide bonds. The van der Waals surface area contributed by atoms with E-state index in [1.807, 2.05) is 31.2 Å². The summed E-state index contributed by atoms with van der Waals surface area (Å²) in [6.45, 7) is 2.04. The van der Waals surface area contributed by atoms with E-state index >= 15 is 0 Å². The first-order chi connectivity index (χ1) is 8.46. The van der Waals surface area contributed by atoms with Gasteiger partial charge >= 0.3 is 0 Å². The summed E-state index contributed by atoms with van der Waals surface area (Å²) in [5.74, 6) is 0. The van der Waals surface area contributed by atoms with Crippen molar-refractivity contribution >= 4 is 21.7 Å². The molecule has 0 saturated carbocycles. The molecular weight excluding hydrogens is 270 g/mol. The summed E-state index contributed by atoms with van der Waals surface area (Å²) in [6.07, 6.45) is 1.04. The smallest absolute Gasteiger partial charge is 0.264 e. The van der Waals surface area contributed by atoms with Crippen LogP contribution in [0.25, 0.3) is 11.3 Å². The molecule has 2 rings (SSSR count). The first kappa shape index (κ1) is 13.2. The third-order valence-corrected chi connectivity index (χ3v) is 3.62. The van der Waals surface area contributed by atoms with Gasteiger partial charge in [-0.25, -0.2) is 0 Å².